The summed E-state index contributed by atoms with van der Waals surface area (Å²) in [5.74, 6) is 0.0469. The molecule has 0 unspecified atom stereocenters. The first-order valence-corrected chi connectivity index (χ1v) is 12.6. The Bertz CT molecular complexity index is 1010. The number of ether oxygens (including phenoxy) is 1. The zero-order valence-corrected chi connectivity index (χ0v) is 18.6. The number of piperidine rings is 2. The van der Waals surface area contributed by atoms with Crippen LogP contribution in [-0.2, 0) is 15.0 Å². The third kappa shape index (κ3) is 3.98. The number of carbonyl (C=O) groups is 2. The second kappa shape index (κ2) is 8.29. The van der Waals surface area contributed by atoms with Crippen LogP contribution in [0.5, 0.6) is 5.75 Å². The number of nitrogens with two attached hydrogens (primary N) is 1. The lowest BCUT2D eigenvalue weighted by Crippen LogP contribution is -2.57. The molecule has 0 radical (unpaired) electrons. The Morgan fingerprint density at radius 1 is 1.12 bits per heavy atom. The average Bonchev–Trinajstić information content (AvgIpc) is 3.05. The highest BCUT2D eigenvalue weighted by atomic mass is 32.2. The smallest absolute Gasteiger partial charge is 0.282 e. The first-order valence-electron chi connectivity index (χ1n) is 11.2. The summed E-state index contributed by atoms with van der Waals surface area (Å²) in [4.78, 5) is 24.4. The van der Waals surface area contributed by atoms with Crippen LogP contribution >= 0.6 is 0 Å². The molecule has 0 aliphatic carbocycles. The van der Waals surface area contributed by atoms with Gasteiger partial charge in [-0.25, -0.2) is 0 Å². The van der Waals surface area contributed by atoms with Crippen molar-refractivity contribution in [1.29, 1.82) is 0 Å². The SMILES string of the molecule is NC1CCN(S(=O)(=O)N2[C@@H]3CC[C@H]2C[C@@H](NC(=O)c2ccc4c(c2)NC(=O)CO4)C3)CC1. The van der Waals surface area contributed by atoms with Gasteiger partial charge in [-0.15, -0.1) is 0 Å². The Hall–Kier alpha value is -2.21. The molecule has 1 aromatic rings. The molecule has 3 atom stereocenters. The lowest BCUT2D eigenvalue weighted by atomic mass is 9.99. The quantitative estimate of drug-likeness (QED) is 0.592. The van der Waals surface area contributed by atoms with Crippen molar-refractivity contribution in [3.63, 3.8) is 0 Å². The zero-order valence-electron chi connectivity index (χ0n) is 17.8. The van der Waals surface area contributed by atoms with E-state index in [1.165, 1.54) is 0 Å². The van der Waals surface area contributed by atoms with E-state index in [9.17, 15) is 18.0 Å². The highest BCUT2D eigenvalue weighted by Gasteiger charge is 2.49. The van der Waals surface area contributed by atoms with Crippen LogP contribution in [-0.4, -0.2) is 72.7 Å². The number of rotatable bonds is 4. The fourth-order valence-corrected chi connectivity index (χ4v) is 7.44. The van der Waals surface area contributed by atoms with Crippen LogP contribution in [0, 0.1) is 0 Å². The molecule has 0 aromatic heterocycles. The van der Waals surface area contributed by atoms with Gasteiger partial charge in [0.2, 0.25) is 0 Å². The first kappa shape index (κ1) is 21.6. The zero-order chi connectivity index (χ0) is 22.5. The molecule has 0 spiro atoms. The molecule has 5 rings (SSSR count). The minimum Gasteiger partial charge on any atom is -0.482 e. The van der Waals surface area contributed by atoms with Gasteiger partial charge in [0.15, 0.2) is 6.61 Å². The molecule has 2 bridgehead atoms. The molecule has 0 saturated carbocycles. The van der Waals surface area contributed by atoms with E-state index in [4.69, 9.17) is 10.5 Å². The van der Waals surface area contributed by atoms with E-state index in [1.807, 2.05) is 0 Å². The molecule has 11 heteroatoms. The van der Waals surface area contributed by atoms with Crippen LogP contribution in [0.2, 0.25) is 0 Å². The Kier molecular flexibility index (Phi) is 5.60. The van der Waals surface area contributed by atoms with Crippen molar-refractivity contribution >= 4 is 27.7 Å². The molecule has 4 heterocycles. The summed E-state index contributed by atoms with van der Waals surface area (Å²) in [5, 5.41) is 5.78. The minimum absolute atomic E-state index is 0.0347. The maximum atomic E-state index is 13.3. The standard InChI is InChI=1S/C21H29N5O5S/c22-14-5-7-25(8-6-14)32(29,30)26-16-2-3-17(26)11-15(10-16)23-21(28)13-1-4-19-18(9-13)24-20(27)12-31-19/h1,4,9,14-17H,2-3,5-8,10-12,22H2,(H,23,28)(H,24,27)/t15-,16+,17-. The molecular weight excluding hydrogens is 434 g/mol. The highest BCUT2D eigenvalue weighted by Crippen LogP contribution is 2.39. The predicted octanol–water partition coefficient (Wildman–Crippen LogP) is 0.411. The molecule has 1 aromatic carbocycles. The van der Waals surface area contributed by atoms with E-state index in [0.717, 1.165) is 12.8 Å². The second-order valence-corrected chi connectivity index (χ2v) is 11.0. The van der Waals surface area contributed by atoms with Gasteiger partial charge < -0.3 is 21.1 Å². The van der Waals surface area contributed by atoms with Crippen molar-refractivity contribution in [2.45, 2.75) is 62.7 Å². The number of nitrogens with one attached hydrogen (secondary N) is 2. The van der Waals surface area contributed by atoms with Crippen LogP contribution < -0.4 is 21.1 Å². The number of nitrogens with zero attached hydrogens (tertiary/aromatic N) is 2. The number of anilines is 1. The van der Waals surface area contributed by atoms with Crippen LogP contribution in [0.25, 0.3) is 0 Å². The summed E-state index contributed by atoms with van der Waals surface area (Å²) in [5.41, 5.74) is 6.85. The molecule has 2 amide bonds. The number of fused-ring (bicyclic) bond motifs is 3. The van der Waals surface area contributed by atoms with E-state index in [0.29, 0.717) is 55.8 Å². The van der Waals surface area contributed by atoms with Crippen molar-refractivity contribution in [3.8, 4) is 5.75 Å². The summed E-state index contributed by atoms with van der Waals surface area (Å²) in [6.45, 7) is 0.906. The van der Waals surface area contributed by atoms with Crippen LogP contribution in [0.15, 0.2) is 18.2 Å². The van der Waals surface area contributed by atoms with Gasteiger partial charge in [0, 0.05) is 42.8 Å². The normalized spacial score (nSPS) is 29.2. The third-order valence-corrected chi connectivity index (χ3v) is 9.11. The van der Waals surface area contributed by atoms with Crippen molar-refractivity contribution in [1.82, 2.24) is 13.9 Å². The number of benzene rings is 1. The van der Waals surface area contributed by atoms with E-state index in [-0.39, 0.29) is 42.6 Å². The van der Waals surface area contributed by atoms with Gasteiger partial charge in [0.25, 0.3) is 22.0 Å². The topological polar surface area (TPSA) is 134 Å². The van der Waals surface area contributed by atoms with E-state index < -0.39 is 10.2 Å². The number of carbonyl (C=O) groups excluding carboxylic acids is 2. The molecule has 4 aliphatic rings. The molecule has 3 saturated heterocycles. The summed E-state index contributed by atoms with van der Waals surface area (Å²) in [7, 11) is -3.52. The molecule has 4 N–H and O–H groups in total. The Labute approximate surface area is 187 Å². The van der Waals surface area contributed by atoms with Gasteiger partial charge >= 0.3 is 0 Å². The maximum Gasteiger partial charge on any atom is 0.282 e. The molecule has 10 nitrogen and oxygen atoms in total. The fourth-order valence-electron chi connectivity index (χ4n) is 5.36. The molecule has 32 heavy (non-hydrogen) atoms. The summed E-state index contributed by atoms with van der Waals surface area (Å²) in [6, 6.07) is 4.72. The lowest BCUT2D eigenvalue weighted by Gasteiger charge is -2.41. The second-order valence-electron chi connectivity index (χ2n) is 9.15. The van der Waals surface area contributed by atoms with E-state index in [1.54, 1.807) is 26.8 Å². The fraction of sp³-hybridized carbons (Fsp3) is 0.619. The van der Waals surface area contributed by atoms with Crippen LogP contribution in [0.3, 0.4) is 0 Å². The summed E-state index contributed by atoms with van der Waals surface area (Å²) >= 11 is 0. The van der Waals surface area contributed by atoms with Crippen LogP contribution in [0.1, 0.15) is 48.9 Å². The Balaban J connectivity index is 1.24. The number of hydrogen-bond acceptors (Lipinski definition) is 6. The lowest BCUT2D eigenvalue weighted by molar-refractivity contribution is -0.118. The molecule has 4 aliphatic heterocycles. The van der Waals surface area contributed by atoms with E-state index >= 15 is 0 Å². The van der Waals surface area contributed by atoms with Crippen molar-refractivity contribution in [2.24, 2.45) is 5.73 Å². The van der Waals surface area contributed by atoms with Crippen molar-refractivity contribution < 1.29 is 22.7 Å². The molecular formula is C21H29N5O5S. The first-order chi connectivity index (χ1) is 15.3. The summed E-state index contributed by atoms with van der Waals surface area (Å²) in [6.07, 6.45) is 4.19. The molecule has 3 fully saturated rings. The van der Waals surface area contributed by atoms with Crippen molar-refractivity contribution in [3.05, 3.63) is 23.8 Å². The largest absolute Gasteiger partial charge is 0.482 e. The summed E-state index contributed by atoms with van der Waals surface area (Å²) < 4.78 is 35.2. The third-order valence-electron chi connectivity index (χ3n) is 6.97. The molecule has 174 valence electrons. The van der Waals surface area contributed by atoms with Crippen molar-refractivity contribution in [2.75, 3.05) is 25.0 Å². The van der Waals surface area contributed by atoms with Crippen LogP contribution in [0.4, 0.5) is 5.69 Å². The minimum atomic E-state index is -3.52. The predicted molar refractivity (Wildman–Crippen MR) is 117 cm³/mol. The Morgan fingerprint density at radius 2 is 1.81 bits per heavy atom. The van der Waals surface area contributed by atoms with E-state index in [2.05, 4.69) is 10.6 Å². The van der Waals surface area contributed by atoms with Gasteiger partial charge in [-0.2, -0.15) is 17.0 Å². The Morgan fingerprint density at radius 3 is 2.50 bits per heavy atom. The van der Waals surface area contributed by atoms with Gasteiger partial charge in [0.1, 0.15) is 5.75 Å². The maximum absolute atomic E-state index is 13.3. The van der Waals surface area contributed by atoms with Gasteiger partial charge in [0.05, 0.1) is 5.69 Å². The highest BCUT2D eigenvalue weighted by molar-refractivity contribution is 7.86. The van der Waals surface area contributed by atoms with Gasteiger partial charge in [-0.05, 0) is 56.7 Å². The number of hydrogen-bond donors (Lipinski definition) is 3. The van der Waals surface area contributed by atoms with Gasteiger partial charge in [-0.3, -0.25) is 9.59 Å². The number of amides is 2. The monoisotopic (exact) mass is 463 g/mol. The van der Waals surface area contributed by atoms with Gasteiger partial charge in [-0.1, -0.05) is 0 Å². The average molecular weight is 464 g/mol.